The average Bonchev–Trinajstić information content (AvgIpc) is 2.27. The van der Waals surface area contributed by atoms with Crippen molar-refractivity contribution < 1.29 is 16.8 Å². The average molecular weight is 229 g/mol. The number of hydrogen-bond donors (Lipinski definition) is 2. The van der Waals surface area contributed by atoms with Gasteiger partial charge >= 0.3 is 0 Å². The summed E-state index contributed by atoms with van der Waals surface area (Å²) in [4.78, 5) is 0. The zero-order valence-corrected chi connectivity index (χ0v) is 8.38. The summed E-state index contributed by atoms with van der Waals surface area (Å²) in [5.74, 6) is 0. The molecule has 0 spiro atoms. The summed E-state index contributed by atoms with van der Waals surface area (Å²) < 4.78 is 44.3. The smallest absolute Gasteiger partial charge is 0.227 e. The molecule has 1 rings (SSSR count). The Kier molecular flexibility index (Phi) is 2.65. The van der Waals surface area contributed by atoms with Gasteiger partial charge in [0, 0.05) is 6.54 Å². The first-order valence-corrected chi connectivity index (χ1v) is 6.65. The lowest BCUT2D eigenvalue weighted by Crippen LogP contribution is -2.46. The summed E-state index contributed by atoms with van der Waals surface area (Å²) in [6, 6.07) is 0. The molecule has 0 saturated carbocycles. The van der Waals surface area contributed by atoms with Gasteiger partial charge in [0.25, 0.3) is 10.2 Å². The van der Waals surface area contributed by atoms with Crippen LogP contribution in [0.5, 0.6) is 0 Å². The first-order valence-electron chi connectivity index (χ1n) is 3.54. The molecule has 13 heavy (non-hydrogen) atoms. The van der Waals surface area contributed by atoms with Crippen LogP contribution in [0.1, 0.15) is 12.8 Å². The molecule has 78 valence electrons. The van der Waals surface area contributed by atoms with Gasteiger partial charge in [-0.05, 0) is 12.8 Å². The third-order valence-electron chi connectivity index (χ3n) is 1.86. The topological polar surface area (TPSA) is 124 Å². The standard InChI is InChI=1S/C4H11N3O4S2/c5-12(8,9)4-2-1-3-7(4)13(6,10)11/h4H,1-3H2,(H2,5,8,9)(H2,6,10,11). The Morgan fingerprint density at radius 2 is 1.69 bits per heavy atom. The Morgan fingerprint density at radius 1 is 1.15 bits per heavy atom. The molecule has 0 bridgehead atoms. The molecule has 0 amide bonds. The summed E-state index contributed by atoms with van der Waals surface area (Å²) in [6.07, 6.45) is 0.660. The van der Waals surface area contributed by atoms with Gasteiger partial charge in [0.15, 0.2) is 0 Å². The number of nitrogens with two attached hydrogens (primary N) is 2. The Labute approximate surface area is 76.9 Å². The molecule has 4 N–H and O–H groups in total. The summed E-state index contributed by atoms with van der Waals surface area (Å²) in [5.41, 5.74) is 0. The van der Waals surface area contributed by atoms with Crippen molar-refractivity contribution in [2.75, 3.05) is 6.54 Å². The van der Waals surface area contributed by atoms with Crippen molar-refractivity contribution in [2.45, 2.75) is 18.2 Å². The quantitative estimate of drug-likeness (QED) is 0.562. The van der Waals surface area contributed by atoms with E-state index in [1.54, 1.807) is 0 Å². The fraction of sp³-hybridized carbons (Fsp3) is 1.00. The maximum absolute atomic E-state index is 10.9. The molecule has 0 aliphatic carbocycles. The second-order valence-corrected chi connectivity index (χ2v) is 6.06. The summed E-state index contributed by atoms with van der Waals surface area (Å²) in [7, 11) is -7.83. The van der Waals surface area contributed by atoms with Crippen LogP contribution >= 0.6 is 0 Å². The molecule has 1 atom stereocenters. The predicted octanol–water partition coefficient (Wildman–Crippen LogP) is -2.10. The third kappa shape index (κ3) is 2.38. The molecular formula is C4H11N3O4S2. The molecule has 7 nitrogen and oxygen atoms in total. The minimum absolute atomic E-state index is 0.111. The van der Waals surface area contributed by atoms with Gasteiger partial charge in [-0.15, -0.1) is 0 Å². The van der Waals surface area contributed by atoms with E-state index in [0.717, 1.165) is 0 Å². The van der Waals surface area contributed by atoms with Gasteiger partial charge < -0.3 is 0 Å². The van der Waals surface area contributed by atoms with Crippen molar-refractivity contribution in [3.63, 3.8) is 0 Å². The van der Waals surface area contributed by atoms with E-state index in [0.29, 0.717) is 10.7 Å². The van der Waals surface area contributed by atoms with E-state index in [2.05, 4.69) is 0 Å². The van der Waals surface area contributed by atoms with E-state index in [-0.39, 0.29) is 13.0 Å². The van der Waals surface area contributed by atoms with Crippen LogP contribution in [0.15, 0.2) is 0 Å². The van der Waals surface area contributed by atoms with Gasteiger partial charge in [-0.3, -0.25) is 0 Å². The van der Waals surface area contributed by atoms with Crippen molar-refractivity contribution in [1.29, 1.82) is 0 Å². The van der Waals surface area contributed by atoms with E-state index in [4.69, 9.17) is 10.3 Å². The molecule has 1 saturated heterocycles. The molecule has 1 unspecified atom stereocenters. The zero-order chi connectivity index (χ0) is 10.3. The van der Waals surface area contributed by atoms with Crippen LogP contribution in [0.3, 0.4) is 0 Å². The molecule has 0 aromatic carbocycles. The predicted molar refractivity (Wildman–Crippen MR) is 45.9 cm³/mol. The fourth-order valence-electron chi connectivity index (χ4n) is 1.33. The molecule has 9 heteroatoms. The van der Waals surface area contributed by atoms with E-state index < -0.39 is 25.6 Å². The molecule has 1 fully saturated rings. The van der Waals surface area contributed by atoms with Crippen molar-refractivity contribution in [2.24, 2.45) is 10.3 Å². The highest BCUT2D eigenvalue weighted by atomic mass is 32.2. The van der Waals surface area contributed by atoms with Crippen LogP contribution in [0.25, 0.3) is 0 Å². The van der Waals surface area contributed by atoms with Gasteiger partial charge in [0.05, 0.1) is 0 Å². The van der Waals surface area contributed by atoms with Gasteiger partial charge in [-0.1, -0.05) is 0 Å². The van der Waals surface area contributed by atoms with E-state index in [1.165, 1.54) is 0 Å². The second kappa shape index (κ2) is 3.17. The molecule has 0 radical (unpaired) electrons. The van der Waals surface area contributed by atoms with Crippen molar-refractivity contribution in [3.8, 4) is 0 Å². The Bertz CT molecular complexity index is 348. The molecule has 1 heterocycles. The van der Waals surface area contributed by atoms with E-state index in [1.807, 2.05) is 0 Å². The number of sulfonamides is 1. The minimum Gasteiger partial charge on any atom is -0.227 e. The van der Waals surface area contributed by atoms with E-state index >= 15 is 0 Å². The highest BCUT2D eigenvalue weighted by Crippen LogP contribution is 2.21. The van der Waals surface area contributed by atoms with Crippen LogP contribution in [0, 0.1) is 0 Å². The highest BCUT2D eigenvalue weighted by molar-refractivity contribution is 7.92. The lowest BCUT2D eigenvalue weighted by Gasteiger charge is -2.18. The number of rotatable bonds is 2. The van der Waals surface area contributed by atoms with Crippen molar-refractivity contribution in [1.82, 2.24) is 4.31 Å². The van der Waals surface area contributed by atoms with Crippen LogP contribution in [0.4, 0.5) is 0 Å². The SMILES string of the molecule is NS(=O)(=O)C1CCCN1S(N)(=O)=O. The number of nitrogens with zero attached hydrogens (tertiary/aromatic N) is 1. The third-order valence-corrected chi connectivity index (χ3v) is 4.33. The Hall–Kier alpha value is -0.220. The molecular weight excluding hydrogens is 218 g/mol. The number of primary sulfonamides is 1. The van der Waals surface area contributed by atoms with Crippen LogP contribution < -0.4 is 10.3 Å². The monoisotopic (exact) mass is 229 g/mol. The Morgan fingerprint density at radius 3 is 2.00 bits per heavy atom. The minimum atomic E-state index is -3.96. The number of hydrogen-bond acceptors (Lipinski definition) is 4. The second-order valence-electron chi connectivity index (χ2n) is 2.84. The maximum atomic E-state index is 10.9. The van der Waals surface area contributed by atoms with Gasteiger partial charge in [0.2, 0.25) is 10.0 Å². The lowest BCUT2D eigenvalue weighted by molar-refractivity contribution is 0.441. The first kappa shape index (κ1) is 10.9. The summed E-state index contributed by atoms with van der Waals surface area (Å²) in [6.45, 7) is 0.111. The Balaban J connectivity index is 3.03. The molecule has 0 aromatic heterocycles. The first-order chi connectivity index (χ1) is 5.73. The van der Waals surface area contributed by atoms with Gasteiger partial charge in [-0.2, -0.15) is 12.7 Å². The fourth-order valence-corrected chi connectivity index (χ4v) is 3.79. The lowest BCUT2D eigenvalue weighted by atomic mass is 10.4. The van der Waals surface area contributed by atoms with Crippen LogP contribution in [0.2, 0.25) is 0 Å². The van der Waals surface area contributed by atoms with Crippen LogP contribution in [-0.4, -0.2) is 33.1 Å². The molecule has 1 aliphatic rings. The van der Waals surface area contributed by atoms with E-state index in [9.17, 15) is 16.8 Å². The zero-order valence-electron chi connectivity index (χ0n) is 6.75. The molecule has 1 aliphatic heterocycles. The van der Waals surface area contributed by atoms with Gasteiger partial charge in [0.1, 0.15) is 5.37 Å². The van der Waals surface area contributed by atoms with Gasteiger partial charge in [-0.25, -0.2) is 18.7 Å². The van der Waals surface area contributed by atoms with Crippen molar-refractivity contribution in [3.05, 3.63) is 0 Å². The summed E-state index contributed by atoms with van der Waals surface area (Å²) >= 11 is 0. The maximum Gasteiger partial charge on any atom is 0.278 e. The molecule has 0 aromatic rings. The van der Waals surface area contributed by atoms with Crippen molar-refractivity contribution >= 4 is 20.2 Å². The largest absolute Gasteiger partial charge is 0.278 e. The highest BCUT2D eigenvalue weighted by Gasteiger charge is 2.38. The normalized spacial score (nSPS) is 26.5. The van der Waals surface area contributed by atoms with Crippen LogP contribution in [-0.2, 0) is 20.2 Å². The summed E-state index contributed by atoms with van der Waals surface area (Å²) in [5, 5.41) is 8.45.